The molecule has 4 atom stereocenters. The van der Waals surface area contributed by atoms with Crippen molar-refractivity contribution in [2.24, 2.45) is 5.92 Å². The highest BCUT2D eigenvalue weighted by atomic mass is 16.5. The molecule has 2 saturated carbocycles. The second kappa shape index (κ2) is 4.68. The van der Waals surface area contributed by atoms with Gasteiger partial charge >= 0.3 is 0 Å². The van der Waals surface area contributed by atoms with Crippen LogP contribution >= 0.6 is 0 Å². The summed E-state index contributed by atoms with van der Waals surface area (Å²) in [5.74, 6) is 1.43. The van der Waals surface area contributed by atoms with Gasteiger partial charge in [-0.3, -0.25) is 9.69 Å². The summed E-state index contributed by atoms with van der Waals surface area (Å²) in [4.78, 5) is 18.9. The second-order valence-electron chi connectivity index (χ2n) is 8.83. The molecule has 5 heteroatoms. The van der Waals surface area contributed by atoms with Crippen LogP contribution in [0.1, 0.15) is 43.2 Å². The third-order valence-electron chi connectivity index (χ3n) is 7.68. The maximum Gasteiger partial charge on any atom is 0.228 e. The molecule has 1 saturated heterocycles. The minimum Gasteiger partial charge on any atom is -0.492 e. The Morgan fingerprint density at radius 1 is 1.35 bits per heavy atom. The van der Waals surface area contributed by atoms with Crippen molar-refractivity contribution in [3.63, 3.8) is 0 Å². The first kappa shape index (κ1) is 15.2. The molecular weight excluding hydrogens is 328 g/mol. The van der Waals surface area contributed by atoms with Gasteiger partial charge in [0.2, 0.25) is 5.69 Å². The van der Waals surface area contributed by atoms with E-state index in [1.54, 1.807) is 0 Å². The lowest BCUT2D eigenvalue weighted by Gasteiger charge is -2.62. The number of likely N-dealkylation sites (tertiary alicyclic amines) is 1. The SMILES string of the molecule is [C-]#[N+]c1ccc2c3c1OC1C(=O)CCC4(O)[C@@H](C2)N(CC2CC2)CC[C@]314. The first-order chi connectivity index (χ1) is 12.6. The zero-order valence-electron chi connectivity index (χ0n) is 14.7. The summed E-state index contributed by atoms with van der Waals surface area (Å²) in [6.45, 7) is 9.45. The van der Waals surface area contributed by atoms with Gasteiger partial charge in [0.1, 0.15) is 5.75 Å². The maximum absolute atomic E-state index is 12.8. The third-order valence-corrected chi connectivity index (χ3v) is 7.68. The highest BCUT2D eigenvalue weighted by Gasteiger charge is 2.72. The molecule has 1 spiro atoms. The normalized spacial score (nSPS) is 39.9. The van der Waals surface area contributed by atoms with Crippen molar-refractivity contribution >= 4 is 11.5 Å². The Kier molecular flexibility index (Phi) is 2.73. The van der Waals surface area contributed by atoms with Gasteiger partial charge in [-0.2, -0.15) is 0 Å². The number of carbonyl (C=O) groups is 1. The molecule has 0 amide bonds. The molecule has 6 rings (SSSR count). The summed E-state index contributed by atoms with van der Waals surface area (Å²) in [5, 5.41) is 12.0. The number of ketones is 1. The Morgan fingerprint density at radius 2 is 2.19 bits per heavy atom. The molecule has 0 radical (unpaired) electrons. The predicted octanol–water partition coefficient (Wildman–Crippen LogP) is 2.37. The van der Waals surface area contributed by atoms with Gasteiger partial charge in [-0.15, -0.1) is 0 Å². The van der Waals surface area contributed by atoms with Crippen LogP contribution in [0.3, 0.4) is 0 Å². The van der Waals surface area contributed by atoms with Crippen molar-refractivity contribution in [2.45, 2.75) is 61.7 Å². The van der Waals surface area contributed by atoms with Crippen LogP contribution in [-0.4, -0.2) is 46.6 Å². The molecule has 2 bridgehead atoms. The van der Waals surface area contributed by atoms with Crippen LogP contribution in [0.5, 0.6) is 5.75 Å². The second-order valence-corrected chi connectivity index (χ2v) is 8.83. The number of benzene rings is 1. The number of piperidine rings is 1. The van der Waals surface area contributed by atoms with E-state index < -0.39 is 17.1 Å². The van der Waals surface area contributed by atoms with E-state index in [2.05, 4.69) is 9.74 Å². The summed E-state index contributed by atoms with van der Waals surface area (Å²) in [7, 11) is 0. The smallest absolute Gasteiger partial charge is 0.228 e. The first-order valence-electron chi connectivity index (χ1n) is 9.78. The fourth-order valence-corrected chi connectivity index (χ4v) is 6.35. The van der Waals surface area contributed by atoms with E-state index in [9.17, 15) is 9.90 Å². The number of hydrogen-bond acceptors (Lipinski definition) is 4. The lowest BCUT2D eigenvalue weighted by Crippen LogP contribution is -2.76. The maximum atomic E-state index is 12.8. The Bertz CT molecular complexity index is 886. The molecule has 3 fully saturated rings. The third kappa shape index (κ3) is 1.57. The van der Waals surface area contributed by atoms with E-state index in [1.165, 1.54) is 18.4 Å². The van der Waals surface area contributed by atoms with Gasteiger partial charge in [0.05, 0.1) is 17.6 Å². The molecule has 26 heavy (non-hydrogen) atoms. The van der Waals surface area contributed by atoms with Gasteiger partial charge in [0.15, 0.2) is 11.9 Å². The largest absolute Gasteiger partial charge is 0.492 e. The molecule has 134 valence electrons. The van der Waals surface area contributed by atoms with Crippen molar-refractivity contribution < 1.29 is 14.6 Å². The molecule has 2 unspecified atom stereocenters. The van der Waals surface area contributed by atoms with Gasteiger partial charge < -0.3 is 9.84 Å². The lowest BCUT2D eigenvalue weighted by molar-refractivity contribution is -0.188. The number of carbonyl (C=O) groups excluding carboxylic acids is 1. The van der Waals surface area contributed by atoms with Crippen LogP contribution in [0, 0.1) is 12.5 Å². The Balaban J connectivity index is 1.59. The molecule has 5 nitrogen and oxygen atoms in total. The van der Waals surface area contributed by atoms with E-state index in [0.717, 1.165) is 37.4 Å². The summed E-state index contributed by atoms with van der Waals surface area (Å²) < 4.78 is 6.16. The number of rotatable bonds is 2. The number of hydrogen-bond donors (Lipinski definition) is 1. The highest BCUT2D eigenvalue weighted by Crippen LogP contribution is 2.65. The van der Waals surface area contributed by atoms with Gasteiger partial charge in [0, 0.05) is 19.0 Å². The van der Waals surface area contributed by atoms with Gasteiger partial charge in [-0.05, 0) is 55.7 Å². The number of Topliss-reactive ketones (excluding diaryl/α,β-unsaturated/α-hetero) is 1. The predicted molar refractivity (Wildman–Crippen MR) is 94.4 cm³/mol. The number of aliphatic hydroxyl groups is 1. The first-order valence-corrected chi connectivity index (χ1v) is 9.78. The van der Waals surface area contributed by atoms with Gasteiger partial charge in [-0.25, -0.2) is 4.85 Å². The topological polar surface area (TPSA) is 54.1 Å². The van der Waals surface area contributed by atoms with Crippen LogP contribution in [0.4, 0.5) is 5.69 Å². The van der Waals surface area contributed by atoms with E-state index in [1.807, 2.05) is 12.1 Å². The summed E-state index contributed by atoms with van der Waals surface area (Å²) in [6, 6.07) is 3.91. The van der Waals surface area contributed by atoms with Crippen LogP contribution < -0.4 is 4.74 Å². The summed E-state index contributed by atoms with van der Waals surface area (Å²) in [6.07, 6.45) is 4.38. The van der Waals surface area contributed by atoms with E-state index in [4.69, 9.17) is 11.3 Å². The van der Waals surface area contributed by atoms with Gasteiger partial charge in [0.25, 0.3) is 0 Å². The molecule has 5 aliphatic rings. The minimum absolute atomic E-state index is 0.0493. The summed E-state index contributed by atoms with van der Waals surface area (Å²) >= 11 is 0. The van der Waals surface area contributed by atoms with Crippen molar-refractivity contribution in [1.29, 1.82) is 0 Å². The molecule has 1 aromatic carbocycles. The quantitative estimate of drug-likeness (QED) is 0.832. The minimum atomic E-state index is -0.933. The molecule has 0 aromatic heterocycles. The Morgan fingerprint density at radius 3 is 2.96 bits per heavy atom. The lowest BCUT2D eigenvalue weighted by atomic mass is 9.49. The molecular formula is C21H22N2O3. The van der Waals surface area contributed by atoms with Crippen molar-refractivity contribution in [2.75, 3.05) is 13.1 Å². The van der Waals surface area contributed by atoms with Crippen LogP contribution in [0.25, 0.3) is 4.85 Å². The Hall–Kier alpha value is -1.90. The molecule has 1 aromatic rings. The average molecular weight is 350 g/mol. The fraction of sp³-hybridized carbons (Fsp3) is 0.619. The zero-order chi connectivity index (χ0) is 17.7. The average Bonchev–Trinajstić information content (AvgIpc) is 3.37. The van der Waals surface area contributed by atoms with Crippen LogP contribution in [-0.2, 0) is 16.6 Å². The Labute approximate surface area is 152 Å². The standard InChI is InChI=1S/C21H22N2O3/c1-22-14-5-4-13-10-16-21(25)7-6-15(24)19-20(21,17(13)18(14)26-19)8-9-23(16)11-12-2-3-12/h4-5,12,16,19,25H,2-3,6-11H2/t16-,19?,20+,21?/m1/s1. The van der Waals surface area contributed by atoms with Crippen LogP contribution in [0.15, 0.2) is 12.1 Å². The van der Waals surface area contributed by atoms with E-state index >= 15 is 0 Å². The monoisotopic (exact) mass is 350 g/mol. The van der Waals surface area contributed by atoms with Crippen molar-refractivity contribution in [1.82, 2.24) is 4.90 Å². The van der Waals surface area contributed by atoms with E-state index in [-0.39, 0.29) is 11.8 Å². The summed E-state index contributed by atoms with van der Waals surface area (Å²) in [5.41, 5.74) is 1.03. The van der Waals surface area contributed by atoms with Gasteiger partial charge in [-0.1, -0.05) is 12.1 Å². The zero-order valence-corrected chi connectivity index (χ0v) is 14.7. The van der Waals surface area contributed by atoms with E-state index in [0.29, 0.717) is 24.3 Å². The number of nitrogens with zero attached hydrogens (tertiary/aromatic N) is 2. The van der Waals surface area contributed by atoms with Crippen molar-refractivity contribution in [3.05, 3.63) is 34.7 Å². The highest BCUT2D eigenvalue weighted by molar-refractivity contribution is 5.90. The fourth-order valence-electron chi connectivity index (χ4n) is 6.35. The number of ether oxygens (including phenoxy) is 1. The van der Waals surface area contributed by atoms with Crippen molar-refractivity contribution in [3.8, 4) is 5.75 Å². The van der Waals surface area contributed by atoms with Crippen LogP contribution in [0.2, 0.25) is 0 Å². The molecule has 2 heterocycles. The molecule has 3 aliphatic carbocycles. The molecule has 2 aliphatic heterocycles. The molecule has 1 N–H and O–H groups in total.